The fourth-order valence-electron chi connectivity index (χ4n) is 4.73. The second-order valence-corrected chi connectivity index (χ2v) is 10.1. The van der Waals surface area contributed by atoms with Crippen LogP contribution in [0.15, 0.2) is 42.3 Å². The molecule has 2 amide bonds. The van der Waals surface area contributed by atoms with Crippen molar-refractivity contribution < 1.29 is 19.1 Å². The fourth-order valence-corrected chi connectivity index (χ4v) is 5.69. The number of amides is 2. The summed E-state index contributed by atoms with van der Waals surface area (Å²) in [7, 11) is 1.58. The smallest absolute Gasteiger partial charge is 0.273 e. The molecule has 0 aliphatic carbocycles. The van der Waals surface area contributed by atoms with Gasteiger partial charge in [0, 0.05) is 75.5 Å². The van der Waals surface area contributed by atoms with E-state index in [-0.39, 0.29) is 36.4 Å². The number of Topliss-reactive ketones (excluding diaryl/α,β-unsaturated/α-hetero) is 1. The van der Waals surface area contributed by atoms with E-state index in [1.54, 1.807) is 42.7 Å². The van der Waals surface area contributed by atoms with Crippen molar-refractivity contribution in [3.63, 3.8) is 0 Å². The molecule has 2 fully saturated rings. The first-order chi connectivity index (χ1) is 17.5. The Labute approximate surface area is 216 Å². The number of nitrogens with zero attached hydrogens (tertiary/aromatic N) is 4. The highest BCUT2D eigenvalue weighted by molar-refractivity contribution is 7.09. The first-order valence-corrected chi connectivity index (χ1v) is 13.4. The molecule has 0 radical (unpaired) electrons. The van der Waals surface area contributed by atoms with Crippen molar-refractivity contribution in [2.24, 2.45) is 0 Å². The first kappa shape index (κ1) is 26.0. The molecule has 1 aromatic carbocycles. The maximum atomic E-state index is 12.9. The van der Waals surface area contributed by atoms with Gasteiger partial charge in [0.05, 0.1) is 12.1 Å². The number of ketones is 1. The van der Waals surface area contributed by atoms with E-state index >= 15 is 0 Å². The maximum Gasteiger partial charge on any atom is 0.273 e. The van der Waals surface area contributed by atoms with Crippen LogP contribution in [0.5, 0.6) is 5.75 Å². The van der Waals surface area contributed by atoms with E-state index in [1.807, 2.05) is 21.3 Å². The van der Waals surface area contributed by atoms with E-state index in [0.717, 1.165) is 37.5 Å². The summed E-state index contributed by atoms with van der Waals surface area (Å²) in [6.07, 6.45) is 3.95. The van der Waals surface area contributed by atoms with Gasteiger partial charge in [-0.25, -0.2) is 4.98 Å². The molecule has 3 heterocycles. The summed E-state index contributed by atoms with van der Waals surface area (Å²) in [5.74, 6) is 0.934. The Hall–Kier alpha value is -3.04. The molecular weight excluding hydrogens is 476 g/mol. The molecule has 0 unspecified atom stereocenters. The van der Waals surface area contributed by atoms with Crippen LogP contribution in [0.25, 0.3) is 0 Å². The highest BCUT2D eigenvalue weighted by Crippen LogP contribution is 2.31. The third kappa shape index (κ3) is 6.39. The van der Waals surface area contributed by atoms with Gasteiger partial charge in [0.1, 0.15) is 11.4 Å². The van der Waals surface area contributed by atoms with Crippen molar-refractivity contribution in [1.29, 1.82) is 0 Å². The number of ether oxygens (including phenoxy) is 1. The van der Waals surface area contributed by atoms with Crippen LogP contribution in [0, 0.1) is 0 Å². The van der Waals surface area contributed by atoms with Gasteiger partial charge in [-0.2, -0.15) is 0 Å². The number of carbonyl (C=O) groups is 3. The molecule has 1 aromatic heterocycles. The monoisotopic (exact) mass is 510 g/mol. The van der Waals surface area contributed by atoms with E-state index in [4.69, 9.17) is 4.74 Å². The van der Waals surface area contributed by atoms with Gasteiger partial charge >= 0.3 is 0 Å². The number of aromatic nitrogens is 1. The number of piperidine rings is 1. The van der Waals surface area contributed by atoms with Crippen molar-refractivity contribution in [3.05, 3.63) is 58.6 Å². The Kier molecular flexibility index (Phi) is 8.88. The molecule has 36 heavy (non-hydrogen) atoms. The van der Waals surface area contributed by atoms with Crippen LogP contribution in [-0.2, 0) is 4.79 Å². The molecule has 0 spiro atoms. The standard InChI is InChI=1S/C27H34N4O4S/c1-3-12-29-15-17-31(18-16-29)27(34)23-19-36-26(28-23)21-10-13-30(14-11-21)25(33)9-8-24(32)20-4-6-22(35-2)7-5-20/h3-7,19,21H,1,8-18H2,2H3. The van der Waals surface area contributed by atoms with E-state index in [2.05, 4.69) is 16.5 Å². The zero-order valence-electron chi connectivity index (χ0n) is 20.9. The summed E-state index contributed by atoms with van der Waals surface area (Å²) in [5, 5.41) is 2.85. The fraction of sp³-hybridized carbons (Fsp3) is 0.481. The topological polar surface area (TPSA) is 83.0 Å². The Morgan fingerprint density at radius 1 is 1.03 bits per heavy atom. The van der Waals surface area contributed by atoms with Crippen LogP contribution >= 0.6 is 11.3 Å². The van der Waals surface area contributed by atoms with Crippen molar-refractivity contribution >= 4 is 28.9 Å². The second-order valence-electron chi connectivity index (χ2n) is 9.26. The average Bonchev–Trinajstić information content (AvgIpc) is 3.42. The highest BCUT2D eigenvalue weighted by atomic mass is 32.1. The number of carbonyl (C=O) groups excluding carboxylic acids is 3. The molecule has 4 rings (SSSR count). The average molecular weight is 511 g/mol. The van der Waals surface area contributed by atoms with Crippen molar-refractivity contribution in [1.82, 2.24) is 19.7 Å². The molecule has 2 aromatic rings. The summed E-state index contributed by atoms with van der Waals surface area (Å²) in [4.78, 5) is 48.7. The summed E-state index contributed by atoms with van der Waals surface area (Å²) in [6.45, 7) is 9.05. The van der Waals surface area contributed by atoms with Crippen molar-refractivity contribution in [3.8, 4) is 5.75 Å². The Balaban J connectivity index is 1.22. The number of benzene rings is 1. The molecule has 2 saturated heterocycles. The van der Waals surface area contributed by atoms with Crippen LogP contribution in [0.4, 0.5) is 0 Å². The van der Waals surface area contributed by atoms with Crippen LogP contribution in [-0.4, -0.2) is 90.2 Å². The third-order valence-corrected chi connectivity index (χ3v) is 7.97. The van der Waals surface area contributed by atoms with Crippen LogP contribution in [0.1, 0.15) is 57.5 Å². The van der Waals surface area contributed by atoms with Crippen molar-refractivity contribution in [2.45, 2.75) is 31.6 Å². The second kappa shape index (κ2) is 12.3. The molecule has 8 nitrogen and oxygen atoms in total. The van der Waals surface area contributed by atoms with Gasteiger partial charge < -0.3 is 14.5 Å². The lowest BCUT2D eigenvalue weighted by Crippen LogP contribution is -2.48. The number of likely N-dealkylation sites (tertiary alicyclic amines) is 1. The Morgan fingerprint density at radius 2 is 1.72 bits per heavy atom. The minimum absolute atomic E-state index is 0.00453. The Morgan fingerprint density at radius 3 is 2.36 bits per heavy atom. The normalized spacial score (nSPS) is 17.1. The summed E-state index contributed by atoms with van der Waals surface area (Å²) < 4.78 is 5.12. The SMILES string of the molecule is C=CCN1CCN(C(=O)c2csc(C3CCN(C(=O)CCC(=O)c4ccc(OC)cc4)CC3)n2)CC1. The van der Waals surface area contributed by atoms with Crippen LogP contribution in [0.3, 0.4) is 0 Å². The number of methoxy groups -OCH3 is 1. The zero-order chi connectivity index (χ0) is 25.5. The molecule has 9 heteroatoms. The van der Waals surface area contributed by atoms with E-state index in [0.29, 0.717) is 43.2 Å². The van der Waals surface area contributed by atoms with E-state index in [1.165, 1.54) is 0 Å². The highest BCUT2D eigenvalue weighted by Gasteiger charge is 2.28. The van der Waals surface area contributed by atoms with E-state index < -0.39 is 0 Å². The molecule has 0 bridgehead atoms. The van der Waals surface area contributed by atoms with Gasteiger partial charge in [0.25, 0.3) is 5.91 Å². The van der Waals surface area contributed by atoms with Crippen molar-refractivity contribution in [2.75, 3.05) is 52.9 Å². The predicted octanol–water partition coefficient (Wildman–Crippen LogP) is 3.46. The summed E-state index contributed by atoms with van der Waals surface area (Å²) >= 11 is 1.54. The lowest BCUT2D eigenvalue weighted by atomic mass is 9.97. The lowest BCUT2D eigenvalue weighted by Gasteiger charge is -2.33. The predicted molar refractivity (Wildman–Crippen MR) is 140 cm³/mol. The molecule has 0 N–H and O–H groups in total. The van der Waals surface area contributed by atoms with Gasteiger partial charge in [0.15, 0.2) is 5.78 Å². The molecule has 2 aliphatic rings. The van der Waals surface area contributed by atoms with Crippen LogP contribution in [0.2, 0.25) is 0 Å². The van der Waals surface area contributed by atoms with E-state index in [9.17, 15) is 14.4 Å². The maximum absolute atomic E-state index is 12.9. The Bertz CT molecular complexity index is 1070. The number of thiazole rings is 1. The van der Waals surface area contributed by atoms with Gasteiger partial charge in [-0.05, 0) is 37.1 Å². The van der Waals surface area contributed by atoms with Gasteiger partial charge in [-0.3, -0.25) is 19.3 Å². The number of hydrogen-bond donors (Lipinski definition) is 0. The minimum atomic E-state index is -0.0389. The minimum Gasteiger partial charge on any atom is -0.497 e. The first-order valence-electron chi connectivity index (χ1n) is 12.5. The van der Waals surface area contributed by atoms with Gasteiger partial charge in [-0.1, -0.05) is 6.08 Å². The molecule has 0 atom stereocenters. The molecule has 192 valence electrons. The molecular formula is C27H34N4O4S. The molecule has 2 aliphatic heterocycles. The molecule has 0 saturated carbocycles. The number of hydrogen-bond acceptors (Lipinski definition) is 7. The largest absolute Gasteiger partial charge is 0.497 e. The number of piperazine rings is 1. The summed E-state index contributed by atoms with van der Waals surface area (Å²) in [5.41, 5.74) is 1.12. The zero-order valence-corrected chi connectivity index (χ0v) is 21.7. The quantitative estimate of drug-likeness (QED) is 0.380. The lowest BCUT2D eigenvalue weighted by molar-refractivity contribution is -0.132. The summed E-state index contributed by atoms with van der Waals surface area (Å²) in [6, 6.07) is 6.96. The number of rotatable bonds is 9. The van der Waals surface area contributed by atoms with Gasteiger partial charge in [-0.15, -0.1) is 17.9 Å². The third-order valence-electron chi connectivity index (χ3n) is 6.96. The van der Waals surface area contributed by atoms with Crippen LogP contribution < -0.4 is 4.74 Å². The van der Waals surface area contributed by atoms with Gasteiger partial charge in [0.2, 0.25) is 5.91 Å².